The van der Waals surface area contributed by atoms with E-state index in [2.05, 4.69) is 58.0 Å². The molecular formula is C15H24N2. The molecular weight excluding hydrogens is 208 g/mol. The molecule has 1 aliphatic rings. The molecule has 1 heterocycles. The quantitative estimate of drug-likeness (QED) is 0.864. The molecule has 94 valence electrons. The minimum absolute atomic E-state index is 0.392. The van der Waals surface area contributed by atoms with Crippen LogP contribution in [0.5, 0.6) is 0 Å². The monoisotopic (exact) mass is 232 g/mol. The maximum atomic E-state index is 4.28. The van der Waals surface area contributed by atoms with Crippen LogP contribution in [0.2, 0.25) is 0 Å². The van der Waals surface area contributed by atoms with E-state index in [1.807, 2.05) is 12.4 Å². The number of nitrogens with one attached hydrogen (secondary N) is 1. The van der Waals surface area contributed by atoms with Gasteiger partial charge in [-0.2, -0.15) is 0 Å². The van der Waals surface area contributed by atoms with Crippen molar-refractivity contribution in [1.29, 1.82) is 0 Å². The fourth-order valence-electron chi connectivity index (χ4n) is 3.38. The third-order valence-corrected chi connectivity index (χ3v) is 5.19. The summed E-state index contributed by atoms with van der Waals surface area (Å²) in [7, 11) is 2.06. The van der Waals surface area contributed by atoms with Gasteiger partial charge in [0.2, 0.25) is 0 Å². The van der Waals surface area contributed by atoms with Crippen molar-refractivity contribution < 1.29 is 0 Å². The third kappa shape index (κ3) is 1.70. The molecule has 0 spiro atoms. The number of hydrogen-bond acceptors (Lipinski definition) is 2. The summed E-state index contributed by atoms with van der Waals surface area (Å²) in [6.07, 6.45) is 3.88. The summed E-state index contributed by atoms with van der Waals surface area (Å²) in [5.74, 6) is 0.669. The molecule has 0 amide bonds. The molecule has 0 aliphatic heterocycles. The van der Waals surface area contributed by atoms with Crippen LogP contribution in [0.3, 0.4) is 0 Å². The van der Waals surface area contributed by atoms with Gasteiger partial charge in [-0.3, -0.25) is 4.98 Å². The first-order valence-electron chi connectivity index (χ1n) is 6.42. The minimum Gasteiger partial charge on any atom is -0.313 e. The molecule has 0 bridgehead atoms. The summed E-state index contributed by atoms with van der Waals surface area (Å²) in [6, 6.07) is 2.51. The molecule has 1 saturated carbocycles. The van der Waals surface area contributed by atoms with Crippen LogP contribution in [0, 0.1) is 23.7 Å². The molecule has 2 heteroatoms. The highest BCUT2D eigenvalue weighted by atomic mass is 14.9. The SMILES string of the molecule is CNC(c1cnccc1C)C1C(C)(C)C1(C)C. The zero-order valence-electron chi connectivity index (χ0n) is 11.8. The van der Waals surface area contributed by atoms with Crippen LogP contribution in [-0.4, -0.2) is 12.0 Å². The van der Waals surface area contributed by atoms with Crippen molar-refractivity contribution in [2.45, 2.75) is 40.7 Å². The maximum absolute atomic E-state index is 4.28. The summed E-state index contributed by atoms with van der Waals surface area (Å²) in [6.45, 7) is 11.6. The number of rotatable bonds is 3. The van der Waals surface area contributed by atoms with E-state index in [1.165, 1.54) is 11.1 Å². The molecule has 1 unspecified atom stereocenters. The topological polar surface area (TPSA) is 24.9 Å². The van der Waals surface area contributed by atoms with Crippen LogP contribution >= 0.6 is 0 Å². The second kappa shape index (κ2) is 3.81. The smallest absolute Gasteiger partial charge is 0.0374 e. The Bertz CT molecular complexity index is 407. The Labute approximate surface area is 105 Å². The fraction of sp³-hybridized carbons (Fsp3) is 0.667. The molecule has 0 aromatic carbocycles. The van der Waals surface area contributed by atoms with Gasteiger partial charge < -0.3 is 5.32 Å². The summed E-state index contributed by atoms with van der Waals surface area (Å²) in [4.78, 5) is 4.28. The lowest BCUT2D eigenvalue weighted by atomic mass is 9.95. The highest BCUT2D eigenvalue weighted by molar-refractivity contribution is 5.30. The van der Waals surface area contributed by atoms with Crippen molar-refractivity contribution in [1.82, 2.24) is 10.3 Å². The molecule has 1 atom stereocenters. The van der Waals surface area contributed by atoms with Crippen molar-refractivity contribution in [2.24, 2.45) is 16.7 Å². The first kappa shape index (κ1) is 12.6. The number of aryl methyl sites for hydroxylation is 1. The van der Waals surface area contributed by atoms with E-state index in [4.69, 9.17) is 0 Å². The first-order chi connectivity index (χ1) is 7.84. The highest BCUT2D eigenvalue weighted by Gasteiger charge is 2.67. The van der Waals surface area contributed by atoms with Crippen molar-refractivity contribution in [2.75, 3.05) is 7.05 Å². The predicted molar refractivity (Wildman–Crippen MR) is 71.8 cm³/mol. The van der Waals surface area contributed by atoms with Gasteiger partial charge in [0, 0.05) is 18.4 Å². The standard InChI is InChI=1S/C15H24N2/c1-10-7-8-17-9-11(10)12(16-6)13-14(2,3)15(13,4)5/h7-9,12-13,16H,1-6H3. The molecule has 0 saturated heterocycles. The number of aromatic nitrogens is 1. The van der Waals surface area contributed by atoms with Crippen molar-refractivity contribution in [3.05, 3.63) is 29.6 Å². The molecule has 1 aromatic rings. The average molecular weight is 232 g/mol. The Hall–Kier alpha value is -0.890. The Morgan fingerprint density at radius 1 is 1.24 bits per heavy atom. The van der Waals surface area contributed by atoms with Gasteiger partial charge in [-0.25, -0.2) is 0 Å². The van der Waals surface area contributed by atoms with E-state index in [-0.39, 0.29) is 0 Å². The van der Waals surface area contributed by atoms with Crippen LogP contribution in [0.4, 0.5) is 0 Å². The largest absolute Gasteiger partial charge is 0.313 e. The second-order valence-electron chi connectivity index (χ2n) is 6.42. The molecule has 1 fully saturated rings. The van der Waals surface area contributed by atoms with Crippen LogP contribution in [0.1, 0.15) is 44.9 Å². The summed E-state index contributed by atoms with van der Waals surface area (Å²) in [5.41, 5.74) is 3.46. The van der Waals surface area contributed by atoms with Crippen LogP contribution in [0.15, 0.2) is 18.5 Å². The molecule has 1 N–H and O–H groups in total. The fourth-order valence-corrected chi connectivity index (χ4v) is 3.38. The van der Waals surface area contributed by atoms with Gasteiger partial charge in [0.1, 0.15) is 0 Å². The molecule has 1 aliphatic carbocycles. The Balaban J connectivity index is 2.35. The highest BCUT2D eigenvalue weighted by Crippen LogP contribution is 2.72. The predicted octanol–water partition coefficient (Wildman–Crippen LogP) is 3.33. The third-order valence-electron chi connectivity index (χ3n) is 5.19. The van der Waals surface area contributed by atoms with Gasteiger partial charge in [-0.05, 0) is 47.9 Å². The molecule has 2 nitrogen and oxygen atoms in total. The van der Waals surface area contributed by atoms with Gasteiger partial charge in [0.15, 0.2) is 0 Å². The van der Waals surface area contributed by atoms with Crippen LogP contribution in [0.25, 0.3) is 0 Å². The molecule has 0 radical (unpaired) electrons. The zero-order chi connectivity index (χ0) is 12.8. The molecule has 2 rings (SSSR count). The van der Waals surface area contributed by atoms with Gasteiger partial charge in [-0.1, -0.05) is 27.7 Å². The van der Waals surface area contributed by atoms with Crippen LogP contribution < -0.4 is 5.32 Å². The number of pyridine rings is 1. The summed E-state index contributed by atoms with van der Waals surface area (Å²) >= 11 is 0. The van der Waals surface area contributed by atoms with Gasteiger partial charge >= 0.3 is 0 Å². The van der Waals surface area contributed by atoms with E-state index in [1.54, 1.807) is 0 Å². The Kier molecular flexibility index (Phi) is 2.81. The maximum Gasteiger partial charge on any atom is 0.0374 e. The Morgan fingerprint density at radius 2 is 1.82 bits per heavy atom. The number of nitrogens with zero attached hydrogens (tertiary/aromatic N) is 1. The lowest BCUT2D eigenvalue weighted by Crippen LogP contribution is -2.22. The summed E-state index contributed by atoms with van der Waals surface area (Å²) < 4.78 is 0. The van der Waals surface area contributed by atoms with E-state index in [0.29, 0.717) is 22.8 Å². The van der Waals surface area contributed by atoms with Gasteiger partial charge in [-0.15, -0.1) is 0 Å². The van der Waals surface area contributed by atoms with Crippen molar-refractivity contribution in [3.8, 4) is 0 Å². The lowest BCUT2D eigenvalue weighted by Gasteiger charge is -2.20. The minimum atomic E-state index is 0.392. The van der Waals surface area contributed by atoms with E-state index in [9.17, 15) is 0 Å². The van der Waals surface area contributed by atoms with Crippen molar-refractivity contribution >= 4 is 0 Å². The first-order valence-corrected chi connectivity index (χ1v) is 6.42. The Morgan fingerprint density at radius 3 is 2.24 bits per heavy atom. The average Bonchev–Trinajstić information content (AvgIpc) is 2.64. The van der Waals surface area contributed by atoms with Gasteiger partial charge in [0.05, 0.1) is 0 Å². The summed E-state index contributed by atoms with van der Waals surface area (Å²) in [5, 5.41) is 3.49. The second-order valence-corrected chi connectivity index (χ2v) is 6.42. The van der Waals surface area contributed by atoms with Crippen LogP contribution in [-0.2, 0) is 0 Å². The van der Waals surface area contributed by atoms with E-state index >= 15 is 0 Å². The normalized spacial score (nSPS) is 23.4. The van der Waals surface area contributed by atoms with Gasteiger partial charge in [0.25, 0.3) is 0 Å². The van der Waals surface area contributed by atoms with E-state index in [0.717, 1.165) is 0 Å². The van der Waals surface area contributed by atoms with Crippen molar-refractivity contribution in [3.63, 3.8) is 0 Å². The molecule has 1 aromatic heterocycles. The molecule has 17 heavy (non-hydrogen) atoms. The van der Waals surface area contributed by atoms with E-state index < -0.39 is 0 Å². The number of hydrogen-bond donors (Lipinski definition) is 1. The lowest BCUT2D eigenvalue weighted by molar-refractivity contribution is 0.435. The zero-order valence-corrected chi connectivity index (χ0v) is 11.8.